The highest BCUT2D eigenvalue weighted by atomic mass is 79.9. The van der Waals surface area contributed by atoms with Gasteiger partial charge < -0.3 is 9.73 Å². The summed E-state index contributed by atoms with van der Waals surface area (Å²) in [5.74, 6) is 1.45. The SMILES string of the molecule is Cc1cccc(NC(=O)CSc2nnc(-c3ccc(Br)o3)n2C(C)C)c1. The number of carbonyl (C=O) groups excluding carboxylic acids is 1. The van der Waals surface area contributed by atoms with E-state index in [1.807, 2.05) is 61.7 Å². The van der Waals surface area contributed by atoms with Crippen molar-refractivity contribution in [2.75, 3.05) is 11.1 Å². The number of hydrogen-bond acceptors (Lipinski definition) is 5. The number of nitrogens with one attached hydrogen (secondary N) is 1. The van der Waals surface area contributed by atoms with Crippen molar-refractivity contribution >= 4 is 39.3 Å². The van der Waals surface area contributed by atoms with E-state index < -0.39 is 0 Å². The lowest BCUT2D eigenvalue weighted by Crippen LogP contribution is -2.15. The number of benzene rings is 1. The van der Waals surface area contributed by atoms with Crippen molar-refractivity contribution in [1.82, 2.24) is 14.8 Å². The van der Waals surface area contributed by atoms with E-state index in [0.29, 0.717) is 21.4 Å². The van der Waals surface area contributed by atoms with Gasteiger partial charge in [0, 0.05) is 11.7 Å². The molecule has 0 bridgehead atoms. The van der Waals surface area contributed by atoms with Gasteiger partial charge in [-0.15, -0.1) is 10.2 Å². The third-order valence-electron chi connectivity index (χ3n) is 3.61. The van der Waals surface area contributed by atoms with Crippen LogP contribution < -0.4 is 5.32 Å². The zero-order valence-electron chi connectivity index (χ0n) is 14.7. The van der Waals surface area contributed by atoms with Crippen LogP contribution in [0.1, 0.15) is 25.5 Å². The zero-order valence-corrected chi connectivity index (χ0v) is 17.1. The maximum atomic E-state index is 12.2. The summed E-state index contributed by atoms with van der Waals surface area (Å²) in [7, 11) is 0. The molecule has 2 heterocycles. The van der Waals surface area contributed by atoms with E-state index in [2.05, 4.69) is 31.4 Å². The van der Waals surface area contributed by atoms with Gasteiger partial charge in [0.1, 0.15) is 0 Å². The van der Waals surface area contributed by atoms with Gasteiger partial charge in [0.25, 0.3) is 0 Å². The Morgan fingerprint density at radius 3 is 2.77 bits per heavy atom. The second-order valence-electron chi connectivity index (χ2n) is 6.08. The first kappa shape index (κ1) is 18.7. The topological polar surface area (TPSA) is 73.0 Å². The molecule has 6 nitrogen and oxygen atoms in total. The molecule has 1 amide bonds. The molecule has 0 aliphatic rings. The van der Waals surface area contributed by atoms with E-state index in [1.54, 1.807) is 0 Å². The van der Waals surface area contributed by atoms with Crippen LogP contribution in [0.4, 0.5) is 5.69 Å². The Balaban J connectivity index is 1.71. The molecule has 0 radical (unpaired) electrons. The van der Waals surface area contributed by atoms with Gasteiger partial charge in [0.05, 0.1) is 5.75 Å². The zero-order chi connectivity index (χ0) is 18.7. The maximum absolute atomic E-state index is 12.2. The van der Waals surface area contributed by atoms with E-state index in [1.165, 1.54) is 11.8 Å². The van der Waals surface area contributed by atoms with Crippen molar-refractivity contribution < 1.29 is 9.21 Å². The van der Waals surface area contributed by atoms with Gasteiger partial charge in [-0.3, -0.25) is 9.36 Å². The second kappa shape index (κ2) is 8.09. The first-order chi connectivity index (χ1) is 12.4. The fraction of sp³-hybridized carbons (Fsp3) is 0.278. The minimum Gasteiger partial charge on any atom is -0.446 e. The smallest absolute Gasteiger partial charge is 0.234 e. The van der Waals surface area contributed by atoms with Crippen LogP contribution in [0.5, 0.6) is 0 Å². The quantitative estimate of drug-likeness (QED) is 0.557. The Hall–Kier alpha value is -2.06. The van der Waals surface area contributed by atoms with Gasteiger partial charge in [-0.2, -0.15) is 0 Å². The van der Waals surface area contributed by atoms with Crippen molar-refractivity contribution in [2.24, 2.45) is 0 Å². The van der Waals surface area contributed by atoms with E-state index in [-0.39, 0.29) is 17.7 Å². The molecule has 0 saturated carbocycles. The van der Waals surface area contributed by atoms with Crippen molar-refractivity contribution in [1.29, 1.82) is 0 Å². The first-order valence-corrected chi connectivity index (χ1v) is 9.92. The third kappa shape index (κ3) is 4.37. The number of aromatic nitrogens is 3. The number of halogens is 1. The summed E-state index contributed by atoms with van der Waals surface area (Å²) in [5, 5.41) is 12.1. The number of thioether (sulfide) groups is 1. The molecule has 1 N–H and O–H groups in total. The molecule has 0 fully saturated rings. The minimum absolute atomic E-state index is 0.0822. The molecule has 136 valence electrons. The number of rotatable bonds is 6. The molecule has 0 aliphatic heterocycles. The maximum Gasteiger partial charge on any atom is 0.234 e. The lowest BCUT2D eigenvalue weighted by atomic mass is 10.2. The van der Waals surface area contributed by atoms with Crippen LogP contribution in [0, 0.1) is 6.92 Å². The summed E-state index contributed by atoms with van der Waals surface area (Å²) >= 11 is 4.66. The lowest BCUT2D eigenvalue weighted by Gasteiger charge is -2.12. The summed E-state index contributed by atoms with van der Waals surface area (Å²) in [6.07, 6.45) is 0. The Bertz CT molecular complexity index is 920. The van der Waals surface area contributed by atoms with Gasteiger partial charge >= 0.3 is 0 Å². The highest BCUT2D eigenvalue weighted by Crippen LogP contribution is 2.30. The first-order valence-electron chi connectivity index (χ1n) is 8.14. The normalized spacial score (nSPS) is 11.1. The molecule has 0 saturated heterocycles. The van der Waals surface area contributed by atoms with Crippen molar-refractivity contribution in [3.63, 3.8) is 0 Å². The molecular weight excluding hydrogens is 416 g/mol. The summed E-state index contributed by atoms with van der Waals surface area (Å²) in [5.41, 5.74) is 1.89. The van der Waals surface area contributed by atoms with Crippen molar-refractivity contribution in [2.45, 2.75) is 32.0 Å². The standard InChI is InChI=1S/C18H19BrN4O2S/c1-11(2)23-17(14-7-8-15(19)25-14)21-22-18(23)26-10-16(24)20-13-6-4-5-12(3)9-13/h4-9,11H,10H2,1-3H3,(H,20,24). The monoisotopic (exact) mass is 434 g/mol. The number of anilines is 1. The number of carbonyl (C=O) groups is 1. The molecule has 0 aliphatic carbocycles. The number of nitrogens with zero attached hydrogens (tertiary/aromatic N) is 3. The lowest BCUT2D eigenvalue weighted by molar-refractivity contribution is -0.113. The average Bonchev–Trinajstić information content (AvgIpc) is 3.18. The van der Waals surface area contributed by atoms with Gasteiger partial charge in [-0.05, 0) is 66.5 Å². The van der Waals surface area contributed by atoms with Gasteiger partial charge in [0.15, 0.2) is 15.6 Å². The molecule has 3 rings (SSSR count). The van der Waals surface area contributed by atoms with E-state index >= 15 is 0 Å². The third-order valence-corrected chi connectivity index (χ3v) is 4.98. The second-order valence-corrected chi connectivity index (χ2v) is 7.80. The fourth-order valence-electron chi connectivity index (χ4n) is 2.49. The summed E-state index contributed by atoms with van der Waals surface area (Å²) in [6.45, 7) is 6.08. The number of aryl methyl sites for hydroxylation is 1. The van der Waals surface area contributed by atoms with Gasteiger partial charge in [0.2, 0.25) is 11.7 Å². The van der Waals surface area contributed by atoms with Crippen LogP contribution in [0.15, 0.2) is 50.6 Å². The van der Waals surface area contributed by atoms with Crippen LogP contribution in [0.2, 0.25) is 0 Å². The van der Waals surface area contributed by atoms with Crippen molar-refractivity contribution in [3.8, 4) is 11.6 Å². The summed E-state index contributed by atoms with van der Waals surface area (Å²) < 4.78 is 8.20. The molecule has 0 atom stereocenters. The Morgan fingerprint density at radius 1 is 1.31 bits per heavy atom. The largest absolute Gasteiger partial charge is 0.446 e. The predicted molar refractivity (Wildman–Crippen MR) is 106 cm³/mol. The predicted octanol–water partition coefficient (Wildman–Crippen LogP) is 4.92. The fourth-order valence-corrected chi connectivity index (χ4v) is 3.67. The highest BCUT2D eigenvalue weighted by Gasteiger charge is 2.20. The van der Waals surface area contributed by atoms with Gasteiger partial charge in [-0.1, -0.05) is 23.9 Å². The van der Waals surface area contributed by atoms with Crippen LogP contribution in [-0.2, 0) is 4.79 Å². The molecular formula is C18H19BrN4O2S. The minimum atomic E-state index is -0.0822. The number of amides is 1. The van der Waals surface area contributed by atoms with Crippen LogP contribution in [0.3, 0.4) is 0 Å². The molecule has 3 aromatic rings. The molecule has 0 unspecified atom stereocenters. The average molecular weight is 435 g/mol. The summed E-state index contributed by atoms with van der Waals surface area (Å²) in [6, 6.07) is 11.5. The Kier molecular flexibility index (Phi) is 5.83. The molecule has 26 heavy (non-hydrogen) atoms. The molecule has 2 aromatic heterocycles. The van der Waals surface area contributed by atoms with Crippen LogP contribution >= 0.6 is 27.7 Å². The molecule has 0 spiro atoms. The molecule has 1 aromatic carbocycles. The van der Waals surface area contributed by atoms with E-state index in [4.69, 9.17) is 4.42 Å². The number of furan rings is 1. The Morgan fingerprint density at radius 2 is 2.12 bits per heavy atom. The van der Waals surface area contributed by atoms with Gasteiger partial charge in [-0.25, -0.2) is 0 Å². The molecule has 8 heteroatoms. The highest BCUT2D eigenvalue weighted by molar-refractivity contribution is 9.10. The van der Waals surface area contributed by atoms with E-state index in [0.717, 1.165) is 11.3 Å². The summed E-state index contributed by atoms with van der Waals surface area (Å²) in [4.78, 5) is 12.2. The number of hydrogen-bond donors (Lipinski definition) is 1. The van der Waals surface area contributed by atoms with E-state index in [9.17, 15) is 4.79 Å². The van der Waals surface area contributed by atoms with Crippen LogP contribution in [0.25, 0.3) is 11.6 Å². The van der Waals surface area contributed by atoms with Crippen LogP contribution in [-0.4, -0.2) is 26.4 Å². The Labute approximate surface area is 164 Å². The van der Waals surface area contributed by atoms with Crippen molar-refractivity contribution in [3.05, 3.63) is 46.6 Å².